The van der Waals surface area contributed by atoms with E-state index in [4.69, 9.17) is 23.2 Å². The number of nitrogens with one attached hydrogen (secondary N) is 1. The van der Waals surface area contributed by atoms with Crippen LogP contribution >= 0.6 is 23.2 Å². The van der Waals surface area contributed by atoms with Gasteiger partial charge < -0.3 is 20.4 Å². The molecule has 0 spiro atoms. The number of rotatable bonds is 5. The number of fused-ring (bicyclic) bond motifs is 1. The number of aliphatic hydroxyl groups is 2. The summed E-state index contributed by atoms with van der Waals surface area (Å²) >= 11 is 12.5. The molecule has 14 heteroatoms. The van der Waals surface area contributed by atoms with Gasteiger partial charge in [0.25, 0.3) is 5.91 Å². The Balaban J connectivity index is 1.94. The standard InChI is InChI=1S/C23H20Cl2F4N4O4/c1-2-17(23(27,28)29)30-22(37)12-7-33(19-13(24)5-10(26)6-14(19)25)21-11(20(12)36)3-4-18(31-21)32-8-15(34)16(35)9-32/h3-7,15-17,34-35H,2,8-9H2,1H3,(H,30,37)/t15-,16-,17?/m1/s1. The molecule has 3 N–H and O–H groups in total. The summed E-state index contributed by atoms with van der Waals surface area (Å²) in [6.45, 7) is 1.31. The van der Waals surface area contributed by atoms with Gasteiger partial charge in [0, 0.05) is 19.3 Å². The Labute approximate surface area is 217 Å². The molecule has 37 heavy (non-hydrogen) atoms. The monoisotopic (exact) mass is 562 g/mol. The number of hydrogen-bond acceptors (Lipinski definition) is 6. The normalized spacial score (nSPS) is 18.9. The number of pyridine rings is 2. The van der Waals surface area contributed by atoms with Crippen LogP contribution in [0.2, 0.25) is 10.0 Å². The molecule has 8 nitrogen and oxygen atoms in total. The highest BCUT2D eigenvalue weighted by Crippen LogP contribution is 2.33. The summed E-state index contributed by atoms with van der Waals surface area (Å²) in [5.41, 5.74) is -1.71. The van der Waals surface area contributed by atoms with Crippen molar-refractivity contribution in [2.75, 3.05) is 18.0 Å². The maximum Gasteiger partial charge on any atom is 0.408 e. The van der Waals surface area contributed by atoms with E-state index in [0.29, 0.717) is 0 Å². The molecular formula is C23H20Cl2F4N4O4. The Morgan fingerprint density at radius 1 is 1.19 bits per heavy atom. The number of anilines is 1. The van der Waals surface area contributed by atoms with Crippen LogP contribution in [-0.4, -0.2) is 63.2 Å². The van der Waals surface area contributed by atoms with Crippen LogP contribution in [0.25, 0.3) is 16.7 Å². The van der Waals surface area contributed by atoms with Gasteiger partial charge in [0.05, 0.1) is 33.3 Å². The topological polar surface area (TPSA) is 108 Å². The predicted octanol–water partition coefficient (Wildman–Crippen LogP) is 3.44. The summed E-state index contributed by atoms with van der Waals surface area (Å²) in [7, 11) is 0. The third-order valence-electron chi connectivity index (χ3n) is 5.99. The average Bonchev–Trinajstić information content (AvgIpc) is 3.15. The van der Waals surface area contributed by atoms with Gasteiger partial charge in [0.15, 0.2) is 5.65 Å². The van der Waals surface area contributed by atoms with Crippen LogP contribution in [0.4, 0.5) is 23.4 Å². The number of amides is 1. The molecule has 0 bridgehead atoms. The SMILES string of the molecule is CCC(NC(=O)c1cn(-c2c(Cl)cc(F)cc2Cl)c2nc(N3C[C@@H](O)[C@H](O)C3)ccc2c1=O)C(F)(F)F. The van der Waals surface area contributed by atoms with Crippen molar-refractivity contribution in [3.8, 4) is 5.69 Å². The average molecular weight is 563 g/mol. The number of alkyl halides is 3. The number of carbonyl (C=O) groups excluding carboxylic acids is 1. The highest BCUT2D eigenvalue weighted by atomic mass is 35.5. The maximum atomic E-state index is 13.9. The van der Waals surface area contributed by atoms with Gasteiger partial charge in [-0.1, -0.05) is 30.1 Å². The summed E-state index contributed by atoms with van der Waals surface area (Å²) in [5.74, 6) is -1.81. The molecule has 1 aliphatic rings. The molecule has 3 atom stereocenters. The zero-order valence-corrected chi connectivity index (χ0v) is 20.6. The first-order chi connectivity index (χ1) is 17.3. The molecule has 1 unspecified atom stereocenters. The van der Waals surface area contributed by atoms with Gasteiger partial charge in [-0.25, -0.2) is 9.37 Å². The number of hydrogen-bond donors (Lipinski definition) is 3. The summed E-state index contributed by atoms with van der Waals surface area (Å²) in [4.78, 5) is 32.0. The van der Waals surface area contributed by atoms with Crippen molar-refractivity contribution in [1.29, 1.82) is 0 Å². The molecule has 2 aromatic heterocycles. The first-order valence-electron chi connectivity index (χ1n) is 11.0. The number of halogens is 6. The molecule has 198 valence electrons. The third kappa shape index (κ3) is 5.24. The summed E-state index contributed by atoms with van der Waals surface area (Å²) in [6, 6.07) is 2.37. The van der Waals surface area contributed by atoms with E-state index in [9.17, 15) is 37.4 Å². The van der Waals surface area contributed by atoms with Crippen molar-refractivity contribution in [1.82, 2.24) is 14.9 Å². The van der Waals surface area contributed by atoms with Gasteiger partial charge in [-0.3, -0.25) is 14.2 Å². The first kappa shape index (κ1) is 27.1. The summed E-state index contributed by atoms with van der Waals surface area (Å²) in [6.07, 6.45) is -6.34. The molecule has 1 aliphatic heterocycles. The van der Waals surface area contributed by atoms with Crippen LogP contribution < -0.4 is 15.6 Å². The number of aliphatic hydroxyl groups excluding tert-OH is 2. The Morgan fingerprint density at radius 2 is 1.78 bits per heavy atom. The molecule has 0 radical (unpaired) electrons. The Hall–Kier alpha value is -2.93. The summed E-state index contributed by atoms with van der Waals surface area (Å²) in [5, 5.41) is 21.0. The molecule has 1 fully saturated rings. The molecule has 0 saturated carbocycles. The largest absolute Gasteiger partial charge is 0.408 e. The van der Waals surface area contributed by atoms with Crippen molar-refractivity contribution in [3.63, 3.8) is 0 Å². The fourth-order valence-electron chi connectivity index (χ4n) is 4.07. The van der Waals surface area contributed by atoms with Crippen LogP contribution in [0.5, 0.6) is 0 Å². The number of β-amino-alcohol motifs (C(OH)–C–C–N with tert-alkyl or cyclic N) is 2. The van der Waals surface area contributed by atoms with Crippen molar-refractivity contribution < 1.29 is 32.6 Å². The van der Waals surface area contributed by atoms with E-state index in [1.54, 1.807) is 4.90 Å². The number of carbonyl (C=O) groups is 1. The smallest absolute Gasteiger partial charge is 0.389 e. The second kappa shape index (κ2) is 10.1. The van der Waals surface area contributed by atoms with Crippen molar-refractivity contribution in [2.24, 2.45) is 0 Å². The highest BCUT2D eigenvalue weighted by Gasteiger charge is 2.40. The van der Waals surface area contributed by atoms with Crippen LogP contribution in [0.1, 0.15) is 23.7 Å². The summed E-state index contributed by atoms with van der Waals surface area (Å²) < 4.78 is 54.8. The van der Waals surface area contributed by atoms with E-state index in [-0.39, 0.29) is 45.7 Å². The lowest BCUT2D eigenvalue weighted by molar-refractivity contribution is -0.153. The maximum absolute atomic E-state index is 13.9. The van der Waals surface area contributed by atoms with Gasteiger partial charge in [0.1, 0.15) is 23.2 Å². The predicted molar refractivity (Wildman–Crippen MR) is 129 cm³/mol. The van der Waals surface area contributed by atoms with Crippen molar-refractivity contribution in [3.05, 3.63) is 62.1 Å². The van der Waals surface area contributed by atoms with E-state index < -0.39 is 53.6 Å². The molecule has 1 amide bonds. The zero-order chi connectivity index (χ0) is 27.2. The van der Waals surface area contributed by atoms with E-state index >= 15 is 0 Å². The molecule has 4 rings (SSSR count). The molecule has 3 heterocycles. The van der Waals surface area contributed by atoms with Gasteiger partial charge in [-0.15, -0.1) is 0 Å². The van der Waals surface area contributed by atoms with Crippen molar-refractivity contribution in [2.45, 2.75) is 37.8 Å². The van der Waals surface area contributed by atoms with Gasteiger partial charge >= 0.3 is 6.18 Å². The molecule has 1 aromatic carbocycles. The lowest BCUT2D eigenvalue weighted by Gasteiger charge is -2.21. The Kier molecular flexibility index (Phi) is 7.39. The molecule has 0 aliphatic carbocycles. The van der Waals surface area contributed by atoms with E-state index in [2.05, 4.69) is 4.98 Å². The second-order valence-corrected chi connectivity index (χ2v) is 9.33. The third-order valence-corrected chi connectivity index (χ3v) is 6.57. The minimum atomic E-state index is -4.74. The van der Waals surface area contributed by atoms with E-state index in [0.717, 1.165) is 22.9 Å². The minimum Gasteiger partial charge on any atom is -0.389 e. The van der Waals surface area contributed by atoms with E-state index in [1.165, 1.54) is 19.1 Å². The Morgan fingerprint density at radius 3 is 2.32 bits per heavy atom. The minimum absolute atomic E-state index is 0.0400. The second-order valence-electron chi connectivity index (χ2n) is 8.52. The fourth-order valence-corrected chi connectivity index (χ4v) is 4.72. The molecule has 3 aromatic rings. The van der Waals surface area contributed by atoms with Gasteiger partial charge in [0.2, 0.25) is 5.43 Å². The van der Waals surface area contributed by atoms with Crippen LogP contribution in [0, 0.1) is 5.82 Å². The first-order valence-corrected chi connectivity index (χ1v) is 11.8. The Bertz CT molecular complexity index is 1400. The highest BCUT2D eigenvalue weighted by molar-refractivity contribution is 6.37. The lowest BCUT2D eigenvalue weighted by Crippen LogP contribution is -2.46. The fraction of sp³-hybridized carbons (Fsp3) is 0.348. The lowest BCUT2D eigenvalue weighted by atomic mass is 10.1. The number of benzene rings is 1. The number of aromatic nitrogens is 2. The van der Waals surface area contributed by atoms with Gasteiger partial charge in [-0.2, -0.15) is 13.2 Å². The quantitative estimate of drug-likeness (QED) is 0.411. The molecule has 1 saturated heterocycles. The van der Waals surface area contributed by atoms with Gasteiger partial charge in [-0.05, 0) is 30.7 Å². The van der Waals surface area contributed by atoms with E-state index in [1.807, 2.05) is 5.32 Å². The van der Waals surface area contributed by atoms with Crippen LogP contribution in [-0.2, 0) is 0 Å². The molecular weight excluding hydrogens is 543 g/mol. The zero-order valence-electron chi connectivity index (χ0n) is 19.1. The van der Waals surface area contributed by atoms with Crippen LogP contribution in [0.15, 0.2) is 35.3 Å². The van der Waals surface area contributed by atoms with Crippen molar-refractivity contribution >= 4 is 46.0 Å². The number of nitrogens with zero attached hydrogens (tertiary/aromatic N) is 3. The van der Waals surface area contributed by atoms with Crippen LogP contribution in [0.3, 0.4) is 0 Å².